The van der Waals surface area contributed by atoms with Crippen molar-refractivity contribution < 1.29 is 22.7 Å². The third kappa shape index (κ3) is 5.93. The van der Waals surface area contributed by atoms with E-state index in [1.54, 1.807) is 42.5 Å². The van der Waals surface area contributed by atoms with Crippen molar-refractivity contribution in [2.24, 2.45) is 0 Å². The summed E-state index contributed by atoms with van der Waals surface area (Å²) >= 11 is 5.90. The van der Waals surface area contributed by atoms with Crippen molar-refractivity contribution in [2.75, 3.05) is 62.8 Å². The van der Waals surface area contributed by atoms with E-state index in [2.05, 4.69) is 10.2 Å². The number of halogens is 1. The Morgan fingerprint density at radius 2 is 1.58 bits per heavy atom. The molecule has 4 rings (SSSR count). The maximum Gasteiger partial charge on any atom is 0.248 e. The number of hydrogen-bond donors (Lipinski definition) is 1. The Balaban J connectivity index is 1.60. The molecule has 33 heavy (non-hydrogen) atoms. The lowest BCUT2D eigenvalue weighted by atomic mass is 10.2. The number of ether oxygens (including phenoxy) is 2. The molecule has 8 nitrogen and oxygen atoms in total. The lowest BCUT2D eigenvalue weighted by molar-refractivity contribution is -0.111. The molecule has 2 fully saturated rings. The lowest BCUT2D eigenvalue weighted by Gasteiger charge is -2.31. The first-order valence-electron chi connectivity index (χ1n) is 10.7. The van der Waals surface area contributed by atoms with Gasteiger partial charge in [-0.3, -0.25) is 4.79 Å². The number of benzene rings is 2. The molecule has 2 aliphatic heterocycles. The van der Waals surface area contributed by atoms with Crippen LogP contribution in [0.1, 0.15) is 5.56 Å². The molecule has 0 atom stereocenters. The normalized spacial score (nSPS) is 17.9. The van der Waals surface area contributed by atoms with Crippen molar-refractivity contribution in [1.82, 2.24) is 4.31 Å². The Morgan fingerprint density at radius 3 is 2.24 bits per heavy atom. The molecule has 1 N–H and O–H groups in total. The fourth-order valence-electron chi connectivity index (χ4n) is 3.71. The van der Waals surface area contributed by atoms with Gasteiger partial charge in [0.15, 0.2) is 0 Å². The molecule has 176 valence electrons. The van der Waals surface area contributed by atoms with Gasteiger partial charge >= 0.3 is 0 Å². The predicted molar refractivity (Wildman–Crippen MR) is 128 cm³/mol. The molecular formula is C23H26ClN3O5S. The number of sulfonamides is 1. The van der Waals surface area contributed by atoms with E-state index in [-0.39, 0.29) is 10.8 Å². The Morgan fingerprint density at radius 1 is 0.939 bits per heavy atom. The second kappa shape index (κ2) is 10.7. The Kier molecular flexibility index (Phi) is 7.67. The number of nitrogens with zero attached hydrogens (tertiary/aromatic N) is 2. The van der Waals surface area contributed by atoms with E-state index in [1.807, 2.05) is 0 Å². The lowest BCUT2D eigenvalue weighted by Crippen LogP contribution is -2.40. The van der Waals surface area contributed by atoms with E-state index in [1.165, 1.54) is 16.4 Å². The average molecular weight is 492 g/mol. The van der Waals surface area contributed by atoms with Crippen LogP contribution in [-0.2, 0) is 24.3 Å². The monoisotopic (exact) mass is 491 g/mol. The largest absolute Gasteiger partial charge is 0.379 e. The summed E-state index contributed by atoms with van der Waals surface area (Å²) in [7, 11) is -3.70. The molecule has 2 saturated heterocycles. The van der Waals surface area contributed by atoms with Gasteiger partial charge in [0, 0.05) is 37.3 Å². The number of nitrogens with one attached hydrogen (secondary N) is 1. The highest BCUT2D eigenvalue weighted by Crippen LogP contribution is 2.31. The molecule has 2 aromatic rings. The second-order valence-corrected chi connectivity index (χ2v) is 10.0. The molecule has 2 aromatic carbocycles. The van der Waals surface area contributed by atoms with E-state index in [0.29, 0.717) is 63.3 Å². The maximum absolute atomic E-state index is 13.2. The number of morpholine rings is 2. The number of amides is 1. The summed E-state index contributed by atoms with van der Waals surface area (Å²) in [4.78, 5) is 14.9. The van der Waals surface area contributed by atoms with E-state index in [9.17, 15) is 13.2 Å². The van der Waals surface area contributed by atoms with Crippen LogP contribution in [0.3, 0.4) is 0 Å². The van der Waals surface area contributed by atoms with E-state index >= 15 is 0 Å². The zero-order chi connectivity index (χ0) is 23.3. The van der Waals surface area contributed by atoms with Gasteiger partial charge in [-0.2, -0.15) is 4.31 Å². The fraction of sp³-hybridized carbons (Fsp3) is 0.348. The summed E-state index contributed by atoms with van der Waals surface area (Å²) < 4.78 is 38.4. The predicted octanol–water partition coefficient (Wildman–Crippen LogP) is 2.85. The zero-order valence-electron chi connectivity index (χ0n) is 18.1. The summed E-state index contributed by atoms with van der Waals surface area (Å²) in [6, 6.07) is 12.0. The minimum Gasteiger partial charge on any atom is -0.379 e. The number of anilines is 2. The number of hydrogen-bond acceptors (Lipinski definition) is 6. The first-order chi connectivity index (χ1) is 15.9. The molecule has 0 radical (unpaired) electrons. The van der Waals surface area contributed by atoms with Gasteiger partial charge in [0.05, 0.1) is 42.7 Å². The highest BCUT2D eigenvalue weighted by Gasteiger charge is 2.28. The van der Waals surface area contributed by atoms with Crippen molar-refractivity contribution in [3.8, 4) is 0 Å². The van der Waals surface area contributed by atoms with Crippen molar-refractivity contribution in [2.45, 2.75) is 4.90 Å². The van der Waals surface area contributed by atoms with E-state index < -0.39 is 10.0 Å². The van der Waals surface area contributed by atoms with Crippen LogP contribution in [0.2, 0.25) is 5.02 Å². The second-order valence-electron chi connectivity index (χ2n) is 7.67. The first kappa shape index (κ1) is 23.7. The van der Waals surface area contributed by atoms with Crippen molar-refractivity contribution in [3.63, 3.8) is 0 Å². The van der Waals surface area contributed by atoms with Gasteiger partial charge in [-0.05, 0) is 42.0 Å². The number of rotatable bonds is 6. The quantitative estimate of drug-likeness (QED) is 0.625. The van der Waals surface area contributed by atoms with E-state index in [4.69, 9.17) is 21.1 Å². The van der Waals surface area contributed by atoms with Crippen LogP contribution in [0.5, 0.6) is 0 Å². The Labute approximate surface area is 198 Å². The first-order valence-corrected chi connectivity index (χ1v) is 12.5. The number of carbonyl (C=O) groups excluding carboxylic acids is 1. The highest BCUT2D eigenvalue weighted by atomic mass is 35.5. The van der Waals surface area contributed by atoms with Gasteiger partial charge in [0.1, 0.15) is 0 Å². The summed E-state index contributed by atoms with van der Waals surface area (Å²) in [5.41, 5.74) is 2.02. The third-order valence-corrected chi connectivity index (χ3v) is 7.63. The zero-order valence-corrected chi connectivity index (χ0v) is 19.6. The highest BCUT2D eigenvalue weighted by molar-refractivity contribution is 7.89. The molecule has 1 amide bonds. The number of carbonyl (C=O) groups is 1. The SMILES string of the molecule is O=C(/C=C/c1ccc(Cl)cc1)Nc1cc(S(=O)(=O)N2CCOCC2)ccc1N1CCOCC1. The molecule has 0 unspecified atom stereocenters. The molecule has 0 spiro atoms. The molecule has 0 aromatic heterocycles. The molecular weight excluding hydrogens is 466 g/mol. The van der Waals surface area contributed by atoms with Crippen LogP contribution in [0.4, 0.5) is 11.4 Å². The van der Waals surface area contributed by atoms with Crippen molar-refractivity contribution >= 4 is 45.0 Å². The van der Waals surface area contributed by atoms with Crippen LogP contribution < -0.4 is 10.2 Å². The molecule has 0 saturated carbocycles. The van der Waals surface area contributed by atoms with E-state index in [0.717, 1.165) is 11.3 Å². The Hall–Kier alpha value is -2.43. The molecule has 10 heteroatoms. The topological polar surface area (TPSA) is 88.2 Å². The molecule has 2 heterocycles. The van der Waals surface area contributed by atoms with Gasteiger partial charge in [-0.15, -0.1) is 0 Å². The minimum absolute atomic E-state index is 0.137. The van der Waals surface area contributed by atoms with Gasteiger partial charge in [0.25, 0.3) is 0 Å². The minimum atomic E-state index is -3.70. The van der Waals surface area contributed by atoms with Crippen LogP contribution in [0, 0.1) is 0 Å². The standard InChI is InChI=1S/C23H26ClN3O5S/c24-19-4-1-18(2-5-19)3-8-23(28)25-21-17-20(33(29,30)27-11-15-32-16-12-27)6-7-22(21)26-9-13-31-14-10-26/h1-8,17H,9-16H2,(H,25,28)/b8-3+. The van der Waals surface area contributed by atoms with Crippen molar-refractivity contribution in [3.05, 3.63) is 59.1 Å². The van der Waals surface area contributed by atoms with Gasteiger partial charge in [-0.25, -0.2) is 8.42 Å². The molecule has 0 aliphatic carbocycles. The van der Waals surface area contributed by atoms with Gasteiger partial charge in [0.2, 0.25) is 15.9 Å². The van der Waals surface area contributed by atoms with Gasteiger partial charge < -0.3 is 19.7 Å². The summed E-state index contributed by atoms with van der Waals surface area (Å²) in [6.45, 7) is 3.78. The smallest absolute Gasteiger partial charge is 0.248 e. The fourth-order valence-corrected chi connectivity index (χ4v) is 5.27. The van der Waals surface area contributed by atoms with Crippen LogP contribution in [0.25, 0.3) is 6.08 Å². The summed E-state index contributed by atoms with van der Waals surface area (Å²) in [6.07, 6.45) is 3.09. The summed E-state index contributed by atoms with van der Waals surface area (Å²) in [5, 5.41) is 3.48. The van der Waals surface area contributed by atoms with Crippen LogP contribution >= 0.6 is 11.6 Å². The molecule has 0 bridgehead atoms. The average Bonchev–Trinajstić information content (AvgIpc) is 2.85. The third-order valence-electron chi connectivity index (χ3n) is 5.48. The van der Waals surface area contributed by atoms with Gasteiger partial charge in [-0.1, -0.05) is 23.7 Å². The molecule has 2 aliphatic rings. The van der Waals surface area contributed by atoms with Crippen molar-refractivity contribution in [1.29, 1.82) is 0 Å². The Bertz CT molecular complexity index is 1110. The summed E-state index contributed by atoms with van der Waals surface area (Å²) in [5.74, 6) is -0.361. The maximum atomic E-state index is 13.2. The van der Waals surface area contributed by atoms with Crippen LogP contribution in [-0.4, -0.2) is 71.2 Å². The van der Waals surface area contributed by atoms with Crippen LogP contribution in [0.15, 0.2) is 53.4 Å².